The second kappa shape index (κ2) is 6.17. The van der Waals surface area contributed by atoms with Gasteiger partial charge in [-0.05, 0) is 6.92 Å². The van der Waals surface area contributed by atoms with Gasteiger partial charge in [-0.1, -0.05) is 31.9 Å². The van der Waals surface area contributed by atoms with Crippen LogP contribution in [0.5, 0.6) is 0 Å². The summed E-state index contributed by atoms with van der Waals surface area (Å²) in [5.41, 5.74) is 0.826. The van der Waals surface area contributed by atoms with Crippen LogP contribution in [0.25, 0.3) is 0 Å². The monoisotopic (exact) mass is 336 g/mol. The highest BCUT2D eigenvalue weighted by Crippen LogP contribution is 2.30. The van der Waals surface area contributed by atoms with E-state index in [1.54, 1.807) is 19.3 Å². The van der Waals surface area contributed by atoms with Crippen LogP contribution >= 0.6 is 31.9 Å². The number of alkyl halides is 2. The van der Waals surface area contributed by atoms with Crippen molar-refractivity contribution in [1.29, 1.82) is 0 Å². The molecule has 0 spiro atoms. The van der Waals surface area contributed by atoms with Gasteiger partial charge in [0.05, 0.1) is 11.4 Å². The molecule has 0 bridgehead atoms. The van der Waals surface area contributed by atoms with Crippen LogP contribution in [0.4, 0.5) is 0 Å². The summed E-state index contributed by atoms with van der Waals surface area (Å²) in [5, 5.41) is 0. The lowest BCUT2D eigenvalue weighted by Gasteiger charge is -2.14. The van der Waals surface area contributed by atoms with E-state index in [9.17, 15) is 4.79 Å². The van der Waals surface area contributed by atoms with Gasteiger partial charge in [0.2, 0.25) is 0 Å². The van der Waals surface area contributed by atoms with Crippen LogP contribution in [0.1, 0.15) is 17.3 Å². The summed E-state index contributed by atoms with van der Waals surface area (Å²) < 4.78 is 4.89. The van der Waals surface area contributed by atoms with Crippen molar-refractivity contribution in [2.45, 2.75) is 16.6 Å². The number of carbonyl (C=O) groups is 1. The maximum absolute atomic E-state index is 11.4. The fraction of sp³-hybridized carbons (Fsp3) is 0.444. The van der Waals surface area contributed by atoms with Crippen LogP contribution < -0.4 is 0 Å². The third-order valence-electron chi connectivity index (χ3n) is 1.67. The third-order valence-corrected chi connectivity index (χ3v) is 4.34. The van der Waals surface area contributed by atoms with Gasteiger partial charge in [-0.2, -0.15) is 0 Å². The number of nitrogens with zero attached hydrogens (tertiary/aromatic N) is 2. The molecule has 1 rings (SSSR count). The number of carbonyl (C=O) groups excluding carboxylic acids is 1. The number of esters is 1. The van der Waals surface area contributed by atoms with Gasteiger partial charge in [0.1, 0.15) is 11.2 Å². The summed E-state index contributed by atoms with van der Waals surface area (Å²) >= 11 is 6.66. The van der Waals surface area contributed by atoms with E-state index >= 15 is 0 Å². The zero-order valence-corrected chi connectivity index (χ0v) is 11.2. The molecule has 0 amide bonds. The molecule has 0 aromatic carbocycles. The molecule has 15 heavy (non-hydrogen) atoms. The highest BCUT2D eigenvalue weighted by molar-refractivity contribution is 9.12. The van der Waals surface area contributed by atoms with Crippen LogP contribution in [-0.4, -0.2) is 27.4 Å². The Labute approximate surface area is 105 Å². The Morgan fingerprint density at radius 1 is 1.47 bits per heavy atom. The first-order valence-electron chi connectivity index (χ1n) is 4.36. The standard InChI is InChI=1S/C9H10Br2N2O2/c1-2-15-9(14)8(11)7(10)6-3-12-5-13-4-6/h3-5,7-8H,2H2,1H3/t7-,8+/m0/s1. The fourth-order valence-corrected chi connectivity index (χ4v) is 1.85. The van der Waals surface area contributed by atoms with E-state index < -0.39 is 4.83 Å². The van der Waals surface area contributed by atoms with E-state index in [1.165, 1.54) is 6.33 Å². The average molecular weight is 338 g/mol. The largest absolute Gasteiger partial charge is 0.465 e. The second-order valence-corrected chi connectivity index (χ2v) is 4.70. The van der Waals surface area contributed by atoms with Crippen LogP contribution in [-0.2, 0) is 9.53 Å². The number of hydrogen-bond donors (Lipinski definition) is 0. The Hall–Kier alpha value is -0.490. The third kappa shape index (κ3) is 3.53. The van der Waals surface area contributed by atoms with Gasteiger partial charge in [0.15, 0.2) is 0 Å². The van der Waals surface area contributed by atoms with E-state index in [2.05, 4.69) is 41.8 Å². The minimum Gasteiger partial charge on any atom is -0.465 e. The molecule has 0 aliphatic rings. The molecule has 6 heteroatoms. The van der Waals surface area contributed by atoms with Gasteiger partial charge in [0, 0.05) is 18.0 Å². The van der Waals surface area contributed by atoms with Gasteiger partial charge < -0.3 is 4.74 Å². The molecule has 0 radical (unpaired) electrons. The fourth-order valence-electron chi connectivity index (χ4n) is 0.963. The van der Waals surface area contributed by atoms with Gasteiger partial charge in [-0.15, -0.1) is 0 Å². The zero-order chi connectivity index (χ0) is 11.3. The molecule has 1 heterocycles. The summed E-state index contributed by atoms with van der Waals surface area (Å²) in [4.78, 5) is 18.5. The van der Waals surface area contributed by atoms with Crippen molar-refractivity contribution in [3.8, 4) is 0 Å². The summed E-state index contributed by atoms with van der Waals surface area (Å²) in [5.74, 6) is -0.303. The van der Waals surface area contributed by atoms with E-state index in [-0.39, 0.29) is 10.8 Å². The van der Waals surface area contributed by atoms with Crippen molar-refractivity contribution in [1.82, 2.24) is 9.97 Å². The molecule has 0 saturated heterocycles. The lowest BCUT2D eigenvalue weighted by Crippen LogP contribution is -2.21. The van der Waals surface area contributed by atoms with Gasteiger partial charge >= 0.3 is 5.97 Å². The zero-order valence-electron chi connectivity index (χ0n) is 8.06. The van der Waals surface area contributed by atoms with Crippen LogP contribution in [0.3, 0.4) is 0 Å². The Morgan fingerprint density at radius 2 is 2.07 bits per heavy atom. The van der Waals surface area contributed by atoms with Crippen molar-refractivity contribution in [3.05, 3.63) is 24.3 Å². The van der Waals surface area contributed by atoms with E-state index in [4.69, 9.17) is 4.74 Å². The molecular formula is C9H10Br2N2O2. The number of aromatic nitrogens is 2. The normalized spacial score (nSPS) is 14.3. The Balaban J connectivity index is 2.68. The quantitative estimate of drug-likeness (QED) is 0.624. The van der Waals surface area contributed by atoms with Crippen LogP contribution in [0.2, 0.25) is 0 Å². The smallest absolute Gasteiger partial charge is 0.321 e. The van der Waals surface area contributed by atoms with Crippen molar-refractivity contribution in [3.63, 3.8) is 0 Å². The Bertz CT molecular complexity index is 321. The first kappa shape index (κ1) is 12.6. The molecule has 4 nitrogen and oxygen atoms in total. The van der Waals surface area contributed by atoms with Gasteiger partial charge in [-0.3, -0.25) is 4.79 Å². The number of halogens is 2. The van der Waals surface area contributed by atoms with Crippen molar-refractivity contribution in [2.24, 2.45) is 0 Å². The maximum atomic E-state index is 11.4. The summed E-state index contributed by atoms with van der Waals surface area (Å²) in [6.45, 7) is 2.14. The number of ether oxygens (including phenoxy) is 1. The molecule has 1 aromatic rings. The molecule has 82 valence electrons. The topological polar surface area (TPSA) is 52.1 Å². The lowest BCUT2D eigenvalue weighted by molar-refractivity contribution is -0.142. The average Bonchev–Trinajstić information content (AvgIpc) is 2.28. The van der Waals surface area contributed by atoms with Crippen LogP contribution in [0.15, 0.2) is 18.7 Å². The van der Waals surface area contributed by atoms with Gasteiger partial charge in [-0.25, -0.2) is 9.97 Å². The number of rotatable bonds is 4. The van der Waals surface area contributed by atoms with Crippen LogP contribution in [0, 0.1) is 0 Å². The highest BCUT2D eigenvalue weighted by atomic mass is 79.9. The minimum atomic E-state index is -0.441. The molecule has 0 fully saturated rings. The SMILES string of the molecule is CCOC(=O)[C@H](Br)[C@@H](Br)c1cncnc1. The summed E-state index contributed by atoms with van der Waals surface area (Å²) in [7, 11) is 0. The molecular weight excluding hydrogens is 328 g/mol. The molecule has 0 N–H and O–H groups in total. The number of hydrogen-bond acceptors (Lipinski definition) is 4. The first-order chi connectivity index (χ1) is 7.16. The highest BCUT2D eigenvalue weighted by Gasteiger charge is 2.26. The predicted octanol–water partition coefficient (Wildman–Crippen LogP) is 2.24. The molecule has 0 aliphatic carbocycles. The second-order valence-electron chi connectivity index (χ2n) is 2.73. The van der Waals surface area contributed by atoms with Crippen molar-refractivity contribution in [2.75, 3.05) is 6.61 Å². The van der Waals surface area contributed by atoms with Crippen molar-refractivity contribution < 1.29 is 9.53 Å². The maximum Gasteiger partial charge on any atom is 0.321 e. The Morgan fingerprint density at radius 3 is 2.60 bits per heavy atom. The predicted molar refractivity (Wildman–Crippen MR) is 63.0 cm³/mol. The molecule has 0 unspecified atom stereocenters. The van der Waals surface area contributed by atoms with E-state index in [1.807, 2.05) is 0 Å². The molecule has 2 atom stereocenters. The molecule has 1 aromatic heterocycles. The Kier molecular flexibility index (Phi) is 5.17. The van der Waals surface area contributed by atoms with Gasteiger partial charge in [0.25, 0.3) is 0 Å². The van der Waals surface area contributed by atoms with E-state index in [0.29, 0.717) is 6.61 Å². The summed E-state index contributed by atoms with van der Waals surface area (Å²) in [6, 6.07) is 0. The minimum absolute atomic E-state index is 0.197. The first-order valence-corrected chi connectivity index (χ1v) is 6.19. The molecule has 0 saturated carbocycles. The molecule has 0 aliphatic heterocycles. The van der Waals surface area contributed by atoms with E-state index in [0.717, 1.165) is 5.56 Å². The van der Waals surface area contributed by atoms with Crippen molar-refractivity contribution >= 4 is 37.8 Å². The summed E-state index contributed by atoms with van der Waals surface area (Å²) in [6.07, 6.45) is 4.75. The lowest BCUT2D eigenvalue weighted by atomic mass is 10.2.